The van der Waals surface area contributed by atoms with Gasteiger partial charge in [-0.2, -0.15) is 0 Å². The van der Waals surface area contributed by atoms with Crippen LogP contribution < -0.4 is 10.1 Å². The number of amides is 2. The number of carbonyl (C=O) groups is 2. The van der Waals surface area contributed by atoms with Gasteiger partial charge in [-0.3, -0.25) is 9.59 Å². The number of likely N-dealkylation sites (N-methyl/N-ethyl adjacent to an activating group) is 1. The molecule has 0 saturated heterocycles. The maximum Gasteiger partial charge on any atom is 0.261 e. The first-order valence-corrected chi connectivity index (χ1v) is 8.96. The molecule has 0 heterocycles. The largest absolute Gasteiger partial charge is 0.484 e. The third kappa shape index (κ3) is 5.96. The van der Waals surface area contributed by atoms with Crippen LogP contribution in [0, 0.1) is 5.82 Å². The van der Waals surface area contributed by atoms with Crippen molar-refractivity contribution in [3.8, 4) is 5.75 Å². The van der Waals surface area contributed by atoms with Gasteiger partial charge in [0.2, 0.25) is 5.91 Å². The zero-order valence-corrected chi connectivity index (χ0v) is 16.0. The van der Waals surface area contributed by atoms with Crippen molar-refractivity contribution in [2.24, 2.45) is 0 Å². The van der Waals surface area contributed by atoms with Gasteiger partial charge >= 0.3 is 0 Å². The molecule has 0 saturated carbocycles. The van der Waals surface area contributed by atoms with Crippen LogP contribution in [0.3, 0.4) is 0 Å². The molecule has 2 rings (SSSR count). The number of carbonyl (C=O) groups excluding carboxylic acids is 2. The van der Waals surface area contributed by atoms with E-state index in [9.17, 15) is 14.0 Å². The summed E-state index contributed by atoms with van der Waals surface area (Å²) in [6.07, 6.45) is 0.454. The molecular weight excluding hydrogens is 371 g/mol. The molecule has 1 atom stereocenters. The van der Waals surface area contributed by atoms with Crippen LogP contribution in [0.1, 0.15) is 18.9 Å². The Morgan fingerprint density at radius 2 is 1.78 bits per heavy atom. The number of rotatable bonds is 8. The van der Waals surface area contributed by atoms with E-state index >= 15 is 0 Å². The van der Waals surface area contributed by atoms with Crippen molar-refractivity contribution in [1.82, 2.24) is 10.2 Å². The van der Waals surface area contributed by atoms with E-state index in [0.29, 0.717) is 17.2 Å². The first-order chi connectivity index (χ1) is 12.9. The van der Waals surface area contributed by atoms with Gasteiger partial charge in [-0.15, -0.1) is 0 Å². The Bertz CT molecular complexity index is 766. The highest BCUT2D eigenvalue weighted by molar-refractivity contribution is 6.30. The summed E-state index contributed by atoms with van der Waals surface area (Å²) < 4.78 is 18.4. The van der Waals surface area contributed by atoms with Crippen molar-refractivity contribution in [3.63, 3.8) is 0 Å². The fourth-order valence-corrected chi connectivity index (χ4v) is 2.76. The molecule has 27 heavy (non-hydrogen) atoms. The van der Waals surface area contributed by atoms with Crippen LogP contribution in [0.2, 0.25) is 5.02 Å². The van der Waals surface area contributed by atoms with Crippen LogP contribution in [-0.4, -0.2) is 36.4 Å². The second-order valence-corrected chi connectivity index (χ2v) is 6.37. The Morgan fingerprint density at radius 3 is 2.33 bits per heavy atom. The number of nitrogens with zero attached hydrogens (tertiary/aromatic N) is 1. The summed E-state index contributed by atoms with van der Waals surface area (Å²) in [7, 11) is 1.53. The third-order valence-corrected chi connectivity index (χ3v) is 4.33. The van der Waals surface area contributed by atoms with E-state index in [0.717, 1.165) is 5.56 Å². The lowest BCUT2D eigenvalue weighted by Gasteiger charge is -2.30. The third-order valence-electron chi connectivity index (χ3n) is 4.07. The number of hydrogen-bond donors (Lipinski definition) is 1. The monoisotopic (exact) mass is 392 g/mol. The molecule has 0 bridgehead atoms. The second-order valence-electron chi connectivity index (χ2n) is 5.93. The number of nitrogens with one attached hydrogen (secondary N) is 1. The number of ether oxygens (including phenoxy) is 1. The topological polar surface area (TPSA) is 58.6 Å². The summed E-state index contributed by atoms with van der Waals surface area (Å²) in [5.41, 5.74) is 0.844. The molecule has 7 heteroatoms. The van der Waals surface area contributed by atoms with Gasteiger partial charge in [0.25, 0.3) is 5.91 Å². The molecule has 0 aliphatic carbocycles. The molecule has 0 aliphatic heterocycles. The molecule has 1 N–H and O–H groups in total. The van der Waals surface area contributed by atoms with Crippen molar-refractivity contribution in [3.05, 3.63) is 64.9 Å². The minimum Gasteiger partial charge on any atom is -0.484 e. The molecule has 2 aromatic carbocycles. The lowest BCUT2D eigenvalue weighted by atomic mass is 10.1. The number of benzene rings is 2. The van der Waals surface area contributed by atoms with E-state index in [4.69, 9.17) is 16.3 Å². The Labute approximate surface area is 163 Å². The summed E-state index contributed by atoms with van der Waals surface area (Å²) in [6.45, 7) is 1.82. The first-order valence-electron chi connectivity index (χ1n) is 8.58. The Morgan fingerprint density at radius 1 is 1.15 bits per heavy atom. The zero-order valence-electron chi connectivity index (χ0n) is 15.2. The van der Waals surface area contributed by atoms with Crippen LogP contribution in [0.5, 0.6) is 5.75 Å². The quantitative estimate of drug-likeness (QED) is 0.749. The van der Waals surface area contributed by atoms with E-state index in [1.165, 1.54) is 36.2 Å². The predicted octanol–water partition coefficient (Wildman–Crippen LogP) is 3.41. The highest BCUT2D eigenvalue weighted by Gasteiger charge is 2.28. The van der Waals surface area contributed by atoms with E-state index < -0.39 is 6.04 Å². The summed E-state index contributed by atoms with van der Waals surface area (Å²) in [6, 6.07) is 11.8. The van der Waals surface area contributed by atoms with Crippen molar-refractivity contribution in [1.29, 1.82) is 0 Å². The van der Waals surface area contributed by atoms with Crippen LogP contribution in [0.25, 0.3) is 0 Å². The summed E-state index contributed by atoms with van der Waals surface area (Å²) in [5, 5.41) is 3.18. The van der Waals surface area contributed by atoms with Gasteiger partial charge in [-0.05, 0) is 48.4 Å². The van der Waals surface area contributed by atoms with Crippen LogP contribution in [-0.2, 0) is 16.1 Å². The molecule has 144 valence electrons. The van der Waals surface area contributed by atoms with Crippen molar-refractivity contribution >= 4 is 23.4 Å². The minimum absolute atomic E-state index is 0.245. The van der Waals surface area contributed by atoms with Crippen molar-refractivity contribution in [2.75, 3.05) is 13.7 Å². The first kappa shape index (κ1) is 20.7. The minimum atomic E-state index is -0.630. The van der Waals surface area contributed by atoms with Gasteiger partial charge in [0, 0.05) is 18.6 Å². The molecule has 0 unspecified atom stereocenters. The van der Waals surface area contributed by atoms with Crippen LogP contribution in [0.4, 0.5) is 4.39 Å². The fourth-order valence-electron chi connectivity index (χ4n) is 2.63. The molecular formula is C20H22ClFN2O3. The highest BCUT2D eigenvalue weighted by atomic mass is 35.5. The molecule has 0 fully saturated rings. The van der Waals surface area contributed by atoms with Crippen LogP contribution in [0.15, 0.2) is 48.5 Å². The van der Waals surface area contributed by atoms with Gasteiger partial charge in [0.1, 0.15) is 17.6 Å². The molecule has 2 amide bonds. The average molecular weight is 393 g/mol. The SMILES string of the molecule is CC[C@H](C(=O)NC)N(Cc1ccc(Cl)cc1)C(=O)COc1ccc(F)cc1. The number of halogens is 2. The van der Waals surface area contributed by atoms with E-state index in [1.54, 1.807) is 24.3 Å². The fraction of sp³-hybridized carbons (Fsp3) is 0.300. The summed E-state index contributed by atoms with van der Waals surface area (Å²) >= 11 is 5.91. The Kier molecular flexibility index (Phi) is 7.61. The normalized spacial score (nSPS) is 11.6. The van der Waals surface area contributed by atoms with Gasteiger partial charge in [-0.1, -0.05) is 30.7 Å². The Hall–Kier alpha value is -2.60. The van der Waals surface area contributed by atoms with Crippen molar-refractivity contribution in [2.45, 2.75) is 25.9 Å². The molecule has 0 radical (unpaired) electrons. The summed E-state index contributed by atoms with van der Waals surface area (Å²) in [5.74, 6) is -0.598. The molecule has 2 aromatic rings. The highest BCUT2D eigenvalue weighted by Crippen LogP contribution is 2.16. The maximum atomic E-state index is 13.0. The van der Waals surface area contributed by atoms with E-state index in [-0.39, 0.29) is 30.8 Å². The smallest absolute Gasteiger partial charge is 0.261 e. The van der Waals surface area contributed by atoms with E-state index in [1.807, 2.05) is 6.92 Å². The van der Waals surface area contributed by atoms with Gasteiger partial charge in [-0.25, -0.2) is 4.39 Å². The number of hydrogen-bond acceptors (Lipinski definition) is 3. The van der Waals surface area contributed by atoms with Gasteiger partial charge in [0.15, 0.2) is 6.61 Å². The standard InChI is InChI=1S/C20H22ClFN2O3/c1-3-18(20(26)23-2)24(12-14-4-6-15(21)7-5-14)19(25)13-27-17-10-8-16(22)9-11-17/h4-11,18H,3,12-13H2,1-2H3,(H,23,26)/t18-/m1/s1. The van der Waals surface area contributed by atoms with Gasteiger partial charge < -0.3 is 15.0 Å². The zero-order chi connectivity index (χ0) is 19.8. The van der Waals surface area contributed by atoms with Crippen molar-refractivity contribution < 1.29 is 18.7 Å². The second kappa shape index (κ2) is 9.92. The Balaban J connectivity index is 2.15. The molecule has 0 aromatic heterocycles. The molecule has 0 spiro atoms. The average Bonchev–Trinajstić information content (AvgIpc) is 2.68. The molecule has 0 aliphatic rings. The summed E-state index contributed by atoms with van der Waals surface area (Å²) in [4.78, 5) is 26.5. The lowest BCUT2D eigenvalue weighted by molar-refractivity contribution is -0.142. The predicted molar refractivity (Wildman–Crippen MR) is 102 cm³/mol. The van der Waals surface area contributed by atoms with Gasteiger partial charge in [0.05, 0.1) is 0 Å². The lowest BCUT2D eigenvalue weighted by Crippen LogP contribution is -2.49. The van der Waals surface area contributed by atoms with Crippen LogP contribution >= 0.6 is 11.6 Å². The maximum absolute atomic E-state index is 13.0. The van der Waals surface area contributed by atoms with E-state index in [2.05, 4.69) is 5.32 Å². The molecule has 5 nitrogen and oxygen atoms in total.